The lowest BCUT2D eigenvalue weighted by Gasteiger charge is -2.02. The molecule has 0 fully saturated rings. The van der Waals surface area contributed by atoms with Crippen LogP contribution in [0.1, 0.15) is 11.3 Å². The van der Waals surface area contributed by atoms with Crippen molar-refractivity contribution in [2.75, 3.05) is 0 Å². The zero-order chi connectivity index (χ0) is 20.8. The SMILES string of the molecule is N#CC(=Cc1cn(-c2ccccc2)nc1-c1ccccc1)C(=O)NCc1ccco1. The highest BCUT2D eigenvalue weighted by Gasteiger charge is 2.15. The maximum absolute atomic E-state index is 12.5. The van der Waals surface area contributed by atoms with Crippen molar-refractivity contribution in [1.29, 1.82) is 5.26 Å². The van der Waals surface area contributed by atoms with Gasteiger partial charge in [-0.25, -0.2) is 4.68 Å². The van der Waals surface area contributed by atoms with Crippen LogP contribution in [0.25, 0.3) is 23.0 Å². The fraction of sp³-hybridized carbons (Fsp3) is 0.0417. The number of carbonyl (C=O) groups is 1. The Morgan fingerprint density at radius 2 is 1.80 bits per heavy atom. The second kappa shape index (κ2) is 8.76. The van der Waals surface area contributed by atoms with Crippen LogP contribution < -0.4 is 5.32 Å². The van der Waals surface area contributed by atoms with Crippen molar-refractivity contribution in [2.24, 2.45) is 0 Å². The first kappa shape index (κ1) is 19.0. The van der Waals surface area contributed by atoms with Gasteiger partial charge in [-0.1, -0.05) is 48.5 Å². The van der Waals surface area contributed by atoms with E-state index < -0.39 is 5.91 Å². The van der Waals surface area contributed by atoms with Gasteiger partial charge in [0.1, 0.15) is 17.4 Å². The van der Waals surface area contributed by atoms with Gasteiger partial charge >= 0.3 is 0 Å². The highest BCUT2D eigenvalue weighted by Crippen LogP contribution is 2.25. The number of hydrogen-bond donors (Lipinski definition) is 1. The largest absolute Gasteiger partial charge is 0.467 e. The molecule has 1 amide bonds. The van der Waals surface area contributed by atoms with Crippen molar-refractivity contribution >= 4 is 12.0 Å². The first-order valence-electron chi connectivity index (χ1n) is 9.37. The average Bonchev–Trinajstić information content (AvgIpc) is 3.47. The lowest BCUT2D eigenvalue weighted by molar-refractivity contribution is -0.117. The molecule has 4 rings (SSSR count). The van der Waals surface area contributed by atoms with Gasteiger partial charge in [0.2, 0.25) is 0 Å². The first-order chi connectivity index (χ1) is 14.7. The molecule has 0 aliphatic rings. The summed E-state index contributed by atoms with van der Waals surface area (Å²) in [7, 11) is 0. The summed E-state index contributed by atoms with van der Waals surface area (Å²) in [6.07, 6.45) is 4.91. The number of carbonyl (C=O) groups excluding carboxylic acids is 1. The molecule has 6 nitrogen and oxygen atoms in total. The van der Waals surface area contributed by atoms with Crippen molar-refractivity contribution in [2.45, 2.75) is 6.54 Å². The van der Waals surface area contributed by atoms with Gasteiger partial charge in [-0.3, -0.25) is 4.79 Å². The van der Waals surface area contributed by atoms with Crippen LogP contribution in [-0.2, 0) is 11.3 Å². The maximum atomic E-state index is 12.5. The smallest absolute Gasteiger partial charge is 0.262 e. The first-order valence-corrected chi connectivity index (χ1v) is 9.37. The Morgan fingerprint density at radius 1 is 1.07 bits per heavy atom. The maximum Gasteiger partial charge on any atom is 0.262 e. The highest BCUT2D eigenvalue weighted by molar-refractivity contribution is 6.02. The van der Waals surface area contributed by atoms with Crippen LogP contribution >= 0.6 is 0 Å². The molecule has 0 unspecified atom stereocenters. The van der Waals surface area contributed by atoms with E-state index in [1.807, 2.05) is 72.9 Å². The summed E-state index contributed by atoms with van der Waals surface area (Å²) in [6, 6.07) is 24.8. The molecule has 0 atom stereocenters. The quantitative estimate of drug-likeness (QED) is 0.389. The minimum Gasteiger partial charge on any atom is -0.467 e. The molecule has 0 aliphatic carbocycles. The van der Waals surface area contributed by atoms with Crippen LogP contribution in [0.4, 0.5) is 0 Å². The van der Waals surface area contributed by atoms with E-state index in [9.17, 15) is 10.1 Å². The summed E-state index contributed by atoms with van der Waals surface area (Å²) in [4.78, 5) is 12.5. The number of rotatable bonds is 6. The number of hydrogen-bond acceptors (Lipinski definition) is 4. The van der Waals surface area contributed by atoms with Gasteiger partial charge in [0.25, 0.3) is 5.91 Å². The van der Waals surface area contributed by atoms with Crippen LogP contribution in [-0.4, -0.2) is 15.7 Å². The molecule has 30 heavy (non-hydrogen) atoms. The minimum absolute atomic E-state index is 0.00801. The summed E-state index contributed by atoms with van der Waals surface area (Å²) in [5.74, 6) is 0.142. The molecule has 2 aromatic heterocycles. The Hall–Kier alpha value is -4.37. The number of nitrogens with one attached hydrogen (secondary N) is 1. The monoisotopic (exact) mass is 394 g/mol. The van der Waals surface area contributed by atoms with E-state index in [1.165, 1.54) is 6.26 Å². The summed E-state index contributed by atoms with van der Waals surface area (Å²) >= 11 is 0. The van der Waals surface area contributed by atoms with Gasteiger partial charge in [-0.2, -0.15) is 10.4 Å². The molecule has 0 radical (unpaired) electrons. The Morgan fingerprint density at radius 3 is 2.47 bits per heavy atom. The van der Waals surface area contributed by atoms with E-state index in [1.54, 1.807) is 22.9 Å². The number of furan rings is 1. The van der Waals surface area contributed by atoms with E-state index in [4.69, 9.17) is 9.52 Å². The third-order valence-electron chi connectivity index (χ3n) is 4.48. The molecule has 2 aromatic carbocycles. The number of benzene rings is 2. The predicted octanol–water partition coefficient (Wildman–Crippen LogP) is 4.36. The minimum atomic E-state index is -0.472. The second-order valence-corrected chi connectivity index (χ2v) is 6.51. The van der Waals surface area contributed by atoms with Gasteiger partial charge in [-0.05, 0) is 30.3 Å². The van der Waals surface area contributed by atoms with E-state index in [2.05, 4.69) is 5.32 Å². The summed E-state index contributed by atoms with van der Waals surface area (Å²) in [6.45, 7) is 0.208. The van der Waals surface area contributed by atoms with E-state index in [-0.39, 0.29) is 12.1 Å². The predicted molar refractivity (Wildman–Crippen MR) is 113 cm³/mol. The van der Waals surface area contributed by atoms with Crippen molar-refractivity contribution in [1.82, 2.24) is 15.1 Å². The molecule has 0 saturated carbocycles. The normalized spacial score (nSPS) is 11.1. The van der Waals surface area contributed by atoms with Crippen molar-refractivity contribution in [3.8, 4) is 23.0 Å². The standard InChI is InChI=1S/C24H18N4O2/c25-15-19(24(29)26-16-22-12-7-13-30-22)14-20-17-28(21-10-5-2-6-11-21)27-23(20)18-8-3-1-4-9-18/h1-14,17H,16H2,(H,26,29). The molecule has 0 aliphatic heterocycles. The van der Waals surface area contributed by atoms with Crippen LogP contribution in [0, 0.1) is 11.3 Å². The number of nitrogens with zero attached hydrogens (tertiary/aromatic N) is 3. The molecule has 4 aromatic rings. The van der Waals surface area contributed by atoms with Gasteiger partial charge in [-0.15, -0.1) is 0 Å². The van der Waals surface area contributed by atoms with Crippen LogP contribution in [0.5, 0.6) is 0 Å². The topological polar surface area (TPSA) is 83.8 Å². The molecule has 1 N–H and O–H groups in total. The van der Waals surface area contributed by atoms with Crippen molar-refractivity contribution < 1.29 is 9.21 Å². The molecule has 6 heteroatoms. The Labute approximate surface area is 173 Å². The highest BCUT2D eigenvalue weighted by atomic mass is 16.3. The van der Waals surface area contributed by atoms with Gasteiger partial charge in [0.15, 0.2) is 0 Å². The fourth-order valence-corrected chi connectivity index (χ4v) is 3.01. The van der Waals surface area contributed by atoms with E-state index in [0.717, 1.165) is 11.3 Å². The zero-order valence-electron chi connectivity index (χ0n) is 16.0. The Kier molecular flexibility index (Phi) is 5.54. The molecular formula is C24H18N4O2. The number of aromatic nitrogens is 2. The molecule has 146 valence electrons. The average molecular weight is 394 g/mol. The fourth-order valence-electron chi connectivity index (χ4n) is 3.01. The Bertz CT molecular complexity index is 1200. The van der Waals surface area contributed by atoms with Crippen molar-refractivity contribution in [3.63, 3.8) is 0 Å². The zero-order valence-corrected chi connectivity index (χ0v) is 16.0. The van der Waals surface area contributed by atoms with Crippen LogP contribution in [0.15, 0.2) is 95.2 Å². The number of amides is 1. The van der Waals surface area contributed by atoms with E-state index in [0.29, 0.717) is 17.0 Å². The molecule has 0 saturated heterocycles. The molecule has 0 spiro atoms. The third kappa shape index (κ3) is 4.21. The summed E-state index contributed by atoms with van der Waals surface area (Å²) in [5, 5.41) is 17.0. The number of para-hydroxylation sites is 1. The van der Waals surface area contributed by atoms with E-state index >= 15 is 0 Å². The molecule has 0 bridgehead atoms. The summed E-state index contributed by atoms with van der Waals surface area (Å²) in [5.41, 5.74) is 3.13. The second-order valence-electron chi connectivity index (χ2n) is 6.51. The summed E-state index contributed by atoms with van der Waals surface area (Å²) < 4.78 is 6.95. The van der Waals surface area contributed by atoms with Gasteiger partial charge < -0.3 is 9.73 Å². The van der Waals surface area contributed by atoms with Gasteiger partial charge in [0, 0.05) is 17.3 Å². The third-order valence-corrected chi connectivity index (χ3v) is 4.48. The Balaban J connectivity index is 1.69. The lowest BCUT2D eigenvalue weighted by Crippen LogP contribution is -2.23. The molecule has 2 heterocycles. The lowest BCUT2D eigenvalue weighted by atomic mass is 10.1. The van der Waals surface area contributed by atoms with Crippen molar-refractivity contribution in [3.05, 3.63) is 102 Å². The van der Waals surface area contributed by atoms with Crippen LogP contribution in [0.3, 0.4) is 0 Å². The number of nitriles is 1. The van der Waals surface area contributed by atoms with Crippen LogP contribution in [0.2, 0.25) is 0 Å². The molecular weight excluding hydrogens is 376 g/mol. The van der Waals surface area contributed by atoms with Gasteiger partial charge in [0.05, 0.1) is 24.2 Å².